The zero-order valence-electron chi connectivity index (χ0n) is 15.2. The van der Waals surface area contributed by atoms with Crippen LogP contribution in [0, 0.1) is 5.92 Å². The highest BCUT2D eigenvalue weighted by Gasteiger charge is 2.04. The molecule has 0 aliphatic heterocycles. The van der Waals surface area contributed by atoms with Crippen LogP contribution >= 0.6 is 0 Å². The monoisotopic (exact) mass is 329 g/mol. The van der Waals surface area contributed by atoms with Gasteiger partial charge in [-0.05, 0) is 30.0 Å². The predicted molar refractivity (Wildman–Crippen MR) is 104 cm³/mol. The number of rotatable bonds is 9. The van der Waals surface area contributed by atoms with Crippen molar-refractivity contribution in [3.63, 3.8) is 0 Å². The lowest BCUT2D eigenvalue weighted by molar-refractivity contribution is 0.372. The van der Waals surface area contributed by atoms with Crippen molar-refractivity contribution >= 4 is 0 Å². The smallest absolute Gasteiger partial charge is 0.140 e. The van der Waals surface area contributed by atoms with Crippen LogP contribution in [0.25, 0.3) is 11.1 Å². The van der Waals surface area contributed by atoms with Crippen LogP contribution in [0.2, 0.25) is 0 Å². The van der Waals surface area contributed by atoms with Crippen molar-refractivity contribution in [3.8, 4) is 11.1 Å². The lowest BCUT2D eigenvalue weighted by atomic mass is 9.96. The molecular formula is C22H32FN. The molecule has 0 saturated carbocycles. The lowest BCUT2D eigenvalue weighted by Gasteiger charge is -2.13. The topological polar surface area (TPSA) is 12.0 Å². The summed E-state index contributed by atoms with van der Waals surface area (Å²) in [7, 11) is 0. The number of halogens is 1. The normalized spacial score (nSPS) is 11.5. The molecule has 2 aromatic carbocycles. The van der Waals surface area contributed by atoms with Gasteiger partial charge in [0.05, 0.1) is 0 Å². The van der Waals surface area contributed by atoms with E-state index in [0.29, 0.717) is 0 Å². The van der Waals surface area contributed by atoms with Gasteiger partial charge in [0.2, 0.25) is 0 Å². The van der Waals surface area contributed by atoms with Crippen molar-refractivity contribution in [2.45, 2.75) is 46.0 Å². The Kier molecular flexibility index (Phi) is 11.7. The van der Waals surface area contributed by atoms with Crippen LogP contribution in [-0.2, 0) is 0 Å². The Morgan fingerprint density at radius 3 is 1.79 bits per heavy atom. The molecule has 0 amide bonds. The van der Waals surface area contributed by atoms with E-state index in [2.05, 4.69) is 67.7 Å². The zero-order chi connectivity index (χ0) is 17.5. The molecule has 1 unspecified atom stereocenters. The van der Waals surface area contributed by atoms with E-state index in [1.54, 1.807) is 0 Å². The van der Waals surface area contributed by atoms with Crippen LogP contribution in [-0.4, -0.2) is 13.3 Å². The molecule has 0 aliphatic carbocycles. The molecule has 132 valence electrons. The molecule has 1 N–H and O–H groups in total. The van der Waals surface area contributed by atoms with Crippen molar-refractivity contribution in [2.75, 3.05) is 13.3 Å². The van der Waals surface area contributed by atoms with Crippen molar-refractivity contribution in [1.82, 2.24) is 5.32 Å². The Morgan fingerprint density at radius 2 is 1.38 bits per heavy atom. The second-order valence-corrected chi connectivity index (χ2v) is 6.07. The summed E-state index contributed by atoms with van der Waals surface area (Å²) in [5, 5.41) is 2.72. The van der Waals surface area contributed by atoms with Crippen molar-refractivity contribution in [1.29, 1.82) is 0 Å². The van der Waals surface area contributed by atoms with Gasteiger partial charge >= 0.3 is 0 Å². The van der Waals surface area contributed by atoms with Crippen molar-refractivity contribution in [3.05, 3.63) is 60.7 Å². The van der Waals surface area contributed by atoms with E-state index in [1.165, 1.54) is 36.8 Å². The summed E-state index contributed by atoms with van der Waals surface area (Å²) in [4.78, 5) is 0. The summed E-state index contributed by atoms with van der Waals surface area (Å²) in [6, 6.07) is 20.8. The third-order valence-corrected chi connectivity index (χ3v) is 4.25. The average molecular weight is 330 g/mol. The number of hydrogen-bond donors (Lipinski definition) is 1. The van der Waals surface area contributed by atoms with E-state index in [0.717, 1.165) is 18.9 Å². The van der Waals surface area contributed by atoms with Gasteiger partial charge in [0.15, 0.2) is 0 Å². The quantitative estimate of drug-likeness (QED) is 0.411. The molecule has 24 heavy (non-hydrogen) atoms. The Balaban J connectivity index is 0.000000240. The molecule has 2 aromatic rings. The third-order valence-electron chi connectivity index (χ3n) is 4.25. The Labute approximate surface area is 147 Å². The minimum Gasteiger partial charge on any atom is -0.290 e. The van der Waals surface area contributed by atoms with Gasteiger partial charge in [-0.25, -0.2) is 4.39 Å². The first-order valence-electron chi connectivity index (χ1n) is 9.18. The highest BCUT2D eigenvalue weighted by Crippen LogP contribution is 2.17. The van der Waals surface area contributed by atoms with Crippen molar-refractivity contribution < 1.29 is 4.39 Å². The van der Waals surface area contributed by atoms with E-state index < -0.39 is 0 Å². The maximum absolute atomic E-state index is 11.7. The second-order valence-electron chi connectivity index (χ2n) is 6.07. The van der Waals surface area contributed by atoms with E-state index in [-0.39, 0.29) is 6.80 Å². The SMILES string of the molecule is CCCCC(CC)CCNCF.c1ccc(-c2ccccc2)cc1. The molecule has 0 saturated heterocycles. The van der Waals surface area contributed by atoms with Gasteiger partial charge < -0.3 is 0 Å². The van der Waals surface area contributed by atoms with Gasteiger partial charge in [-0.2, -0.15) is 0 Å². The molecule has 2 rings (SSSR count). The summed E-state index contributed by atoms with van der Waals surface area (Å²) in [5.74, 6) is 0.795. The summed E-state index contributed by atoms with van der Waals surface area (Å²) in [6.45, 7) is 4.88. The minimum atomic E-state index is -0.385. The molecule has 2 heteroatoms. The van der Waals surface area contributed by atoms with Gasteiger partial charge in [0.25, 0.3) is 0 Å². The van der Waals surface area contributed by atoms with E-state index in [4.69, 9.17) is 0 Å². The van der Waals surface area contributed by atoms with Gasteiger partial charge in [-0.1, -0.05) is 100 Å². The summed E-state index contributed by atoms with van der Waals surface area (Å²) in [5.41, 5.74) is 2.55. The average Bonchev–Trinajstić information content (AvgIpc) is 2.66. The molecule has 0 spiro atoms. The Morgan fingerprint density at radius 1 is 0.833 bits per heavy atom. The zero-order valence-corrected chi connectivity index (χ0v) is 15.2. The first-order valence-corrected chi connectivity index (χ1v) is 9.18. The number of nitrogens with one attached hydrogen (secondary N) is 1. The van der Waals surface area contributed by atoms with Gasteiger partial charge in [-0.15, -0.1) is 0 Å². The van der Waals surface area contributed by atoms with E-state index in [1.807, 2.05) is 12.1 Å². The van der Waals surface area contributed by atoms with Crippen LogP contribution < -0.4 is 5.32 Å². The highest BCUT2D eigenvalue weighted by atomic mass is 19.1. The fourth-order valence-corrected chi connectivity index (χ4v) is 2.68. The minimum absolute atomic E-state index is 0.385. The molecule has 0 heterocycles. The van der Waals surface area contributed by atoms with Crippen molar-refractivity contribution in [2.24, 2.45) is 5.92 Å². The molecule has 0 aliphatic rings. The number of unbranched alkanes of at least 4 members (excludes halogenated alkanes) is 1. The summed E-state index contributed by atoms with van der Waals surface area (Å²) in [6.07, 6.45) is 6.25. The van der Waals surface area contributed by atoms with Crippen LogP contribution in [0.15, 0.2) is 60.7 Å². The second kappa shape index (κ2) is 13.7. The number of alkyl halides is 1. The molecule has 0 bridgehead atoms. The molecule has 1 nitrogen and oxygen atoms in total. The molecule has 0 fully saturated rings. The predicted octanol–water partition coefficient (Wildman–Crippen LogP) is 6.46. The summed E-state index contributed by atoms with van der Waals surface area (Å²) < 4.78 is 11.7. The number of hydrogen-bond acceptors (Lipinski definition) is 1. The van der Waals surface area contributed by atoms with Gasteiger partial charge in [0.1, 0.15) is 6.80 Å². The molecule has 0 radical (unpaired) electrons. The van der Waals surface area contributed by atoms with Crippen LogP contribution in [0.5, 0.6) is 0 Å². The Hall–Kier alpha value is -1.67. The molecular weight excluding hydrogens is 297 g/mol. The summed E-state index contributed by atoms with van der Waals surface area (Å²) >= 11 is 0. The standard InChI is InChI=1S/C12H10.C10H22FN/c1-3-7-11(8-4-1)12-9-5-2-6-10-12;1-3-5-6-10(4-2)7-8-12-9-11/h1-10H;10,12H,3-9H2,1-2H3. The van der Waals surface area contributed by atoms with E-state index in [9.17, 15) is 4.39 Å². The molecule has 1 atom stereocenters. The van der Waals surface area contributed by atoms with Crippen LogP contribution in [0.4, 0.5) is 4.39 Å². The van der Waals surface area contributed by atoms with E-state index >= 15 is 0 Å². The first-order chi connectivity index (χ1) is 11.8. The highest BCUT2D eigenvalue weighted by molar-refractivity contribution is 5.62. The maximum Gasteiger partial charge on any atom is 0.140 e. The Bertz CT molecular complexity index is 460. The number of benzene rings is 2. The van der Waals surface area contributed by atoms with Gasteiger partial charge in [0, 0.05) is 0 Å². The third kappa shape index (κ3) is 8.83. The lowest BCUT2D eigenvalue weighted by Crippen LogP contribution is -2.16. The fraction of sp³-hybridized carbons (Fsp3) is 0.455. The maximum atomic E-state index is 11.7. The fourth-order valence-electron chi connectivity index (χ4n) is 2.68. The molecule has 0 aromatic heterocycles. The van der Waals surface area contributed by atoms with Gasteiger partial charge in [-0.3, -0.25) is 5.32 Å². The largest absolute Gasteiger partial charge is 0.290 e. The van der Waals surface area contributed by atoms with Crippen LogP contribution in [0.3, 0.4) is 0 Å². The first kappa shape index (κ1) is 20.4. The van der Waals surface area contributed by atoms with Crippen LogP contribution in [0.1, 0.15) is 46.0 Å².